The molecule has 2 aromatic heterocycles. The van der Waals surface area contributed by atoms with Crippen LogP contribution < -0.4 is 0 Å². The minimum Gasteiger partial charge on any atom is -0.298 e. The second kappa shape index (κ2) is 5.78. The highest BCUT2D eigenvalue weighted by Gasteiger charge is 2.11. The van der Waals surface area contributed by atoms with Crippen molar-refractivity contribution in [1.29, 1.82) is 0 Å². The molecule has 100 valence electrons. The van der Waals surface area contributed by atoms with E-state index < -0.39 is 0 Å². The van der Waals surface area contributed by atoms with Gasteiger partial charge in [0.15, 0.2) is 6.29 Å². The molecule has 0 aliphatic carbocycles. The third-order valence-corrected chi connectivity index (χ3v) is 3.00. The van der Waals surface area contributed by atoms with Crippen molar-refractivity contribution in [3.63, 3.8) is 0 Å². The minimum atomic E-state index is 0.618. The topological polar surface area (TPSA) is 47.8 Å². The number of aromatic nitrogens is 3. The normalized spacial score (nSPS) is 10.9. The van der Waals surface area contributed by atoms with Crippen LogP contribution in [0, 0.1) is 12.8 Å². The number of aldehydes is 1. The van der Waals surface area contributed by atoms with Gasteiger partial charge in [-0.1, -0.05) is 13.8 Å². The van der Waals surface area contributed by atoms with Gasteiger partial charge in [-0.2, -0.15) is 5.10 Å². The average molecular weight is 257 g/mol. The first-order valence-corrected chi connectivity index (χ1v) is 6.55. The molecule has 0 amide bonds. The van der Waals surface area contributed by atoms with Crippen LogP contribution in [0.2, 0.25) is 0 Å². The molecule has 2 heterocycles. The molecular formula is C15H19N3O. The first kappa shape index (κ1) is 13.5. The van der Waals surface area contributed by atoms with Crippen molar-refractivity contribution < 1.29 is 4.79 Å². The summed E-state index contributed by atoms with van der Waals surface area (Å²) >= 11 is 0. The Kier molecular flexibility index (Phi) is 4.10. The number of hydrogen-bond acceptors (Lipinski definition) is 3. The summed E-state index contributed by atoms with van der Waals surface area (Å²) in [5.41, 5.74) is 3.29. The Morgan fingerprint density at radius 3 is 2.79 bits per heavy atom. The molecule has 2 rings (SSSR count). The highest BCUT2D eigenvalue weighted by molar-refractivity contribution is 5.85. The third-order valence-electron chi connectivity index (χ3n) is 3.00. The summed E-state index contributed by atoms with van der Waals surface area (Å²) in [7, 11) is 0. The van der Waals surface area contributed by atoms with Crippen molar-refractivity contribution in [3.05, 3.63) is 35.8 Å². The summed E-state index contributed by atoms with van der Waals surface area (Å²) in [4.78, 5) is 15.3. The molecule has 0 aromatic carbocycles. The lowest BCUT2D eigenvalue weighted by Gasteiger charge is -2.04. The van der Waals surface area contributed by atoms with Crippen LogP contribution in [0.3, 0.4) is 0 Å². The van der Waals surface area contributed by atoms with E-state index in [1.165, 1.54) is 0 Å². The van der Waals surface area contributed by atoms with Crippen molar-refractivity contribution >= 4 is 6.29 Å². The first-order valence-electron chi connectivity index (χ1n) is 6.55. The molecule has 0 bridgehead atoms. The van der Waals surface area contributed by atoms with Gasteiger partial charge < -0.3 is 0 Å². The number of rotatable bonds is 5. The van der Waals surface area contributed by atoms with Crippen LogP contribution in [0.15, 0.2) is 24.7 Å². The van der Waals surface area contributed by atoms with Crippen LogP contribution in [-0.2, 0) is 6.54 Å². The molecule has 0 radical (unpaired) electrons. The zero-order valence-corrected chi connectivity index (χ0v) is 11.6. The molecule has 0 atom stereocenters. The van der Waals surface area contributed by atoms with E-state index >= 15 is 0 Å². The van der Waals surface area contributed by atoms with Gasteiger partial charge in [0, 0.05) is 30.7 Å². The van der Waals surface area contributed by atoms with Crippen LogP contribution in [0.1, 0.15) is 36.2 Å². The molecule has 0 fully saturated rings. The first-order chi connectivity index (χ1) is 9.10. The van der Waals surface area contributed by atoms with E-state index in [1.807, 2.05) is 23.9 Å². The molecule has 0 saturated heterocycles. The molecule has 0 unspecified atom stereocenters. The maximum atomic E-state index is 11.2. The second-order valence-electron chi connectivity index (χ2n) is 5.25. The van der Waals surface area contributed by atoms with Crippen molar-refractivity contribution in [2.45, 2.75) is 33.7 Å². The van der Waals surface area contributed by atoms with Crippen LogP contribution in [0.5, 0.6) is 0 Å². The number of pyridine rings is 1. The Labute approximate surface area is 113 Å². The van der Waals surface area contributed by atoms with Gasteiger partial charge in [0.1, 0.15) is 5.69 Å². The highest BCUT2D eigenvalue weighted by atomic mass is 16.1. The average Bonchev–Trinajstić information content (AvgIpc) is 2.79. The van der Waals surface area contributed by atoms with Crippen molar-refractivity contribution in [2.75, 3.05) is 0 Å². The van der Waals surface area contributed by atoms with Crippen LogP contribution in [0.4, 0.5) is 0 Å². The lowest BCUT2D eigenvalue weighted by molar-refractivity contribution is 0.112. The fourth-order valence-corrected chi connectivity index (χ4v) is 1.94. The van der Waals surface area contributed by atoms with Crippen molar-refractivity contribution in [2.24, 2.45) is 5.92 Å². The summed E-state index contributed by atoms with van der Waals surface area (Å²) < 4.78 is 1.85. The predicted molar refractivity (Wildman–Crippen MR) is 75.0 cm³/mol. The van der Waals surface area contributed by atoms with Crippen molar-refractivity contribution in [1.82, 2.24) is 14.8 Å². The fourth-order valence-electron chi connectivity index (χ4n) is 1.94. The molecule has 19 heavy (non-hydrogen) atoms. The highest BCUT2D eigenvalue weighted by Crippen LogP contribution is 2.21. The number of carbonyl (C=O) groups is 1. The summed E-state index contributed by atoms with van der Waals surface area (Å²) in [6.07, 6.45) is 7.25. The molecule has 0 N–H and O–H groups in total. The molecule has 0 saturated carbocycles. The SMILES string of the molecule is Cc1cncc(-c2nn(CCC(C)C)cc2C=O)c1. The number of aryl methyl sites for hydroxylation is 2. The van der Waals surface area contributed by atoms with E-state index in [9.17, 15) is 4.79 Å². The predicted octanol–water partition coefficient (Wildman–Crippen LogP) is 3.11. The molecule has 4 nitrogen and oxygen atoms in total. The Bertz CT molecular complexity index is 573. The Balaban J connectivity index is 2.32. The molecule has 2 aromatic rings. The third kappa shape index (κ3) is 3.28. The van der Waals surface area contributed by atoms with Crippen molar-refractivity contribution in [3.8, 4) is 11.3 Å². The molecule has 0 spiro atoms. The van der Waals surface area contributed by atoms with Gasteiger partial charge in [0.25, 0.3) is 0 Å². The monoisotopic (exact) mass is 257 g/mol. The van der Waals surface area contributed by atoms with Gasteiger partial charge in [-0.25, -0.2) is 0 Å². The largest absolute Gasteiger partial charge is 0.298 e. The van der Waals surface area contributed by atoms with Crippen LogP contribution in [-0.4, -0.2) is 21.1 Å². The molecule has 0 aliphatic heterocycles. The summed E-state index contributed by atoms with van der Waals surface area (Å²) in [6.45, 7) is 7.16. The van der Waals surface area contributed by atoms with E-state index in [1.54, 1.807) is 12.4 Å². The fraction of sp³-hybridized carbons (Fsp3) is 0.400. The zero-order chi connectivity index (χ0) is 13.8. The lowest BCUT2D eigenvalue weighted by atomic mass is 10.1. The standard InChI is InChI=1S/C15H19N3O/c1-11(2)4-5-18-9-14(10-19)15(17-18)13-6-12(3)7-16-8-13/h6-11H,4-5H2,1-3H3. The number of hydrogen-bond donors (Lipinski definition) is 0. The zero-order valence-electron chi connectivity index (χ0n) is 11.6. The van der Waals surface area contributed by atoms with Gasteiger partial charge in [0.2, 0.25) is 0 Å². The molecule has 4 heteroatoms. The lowest BCUT2D eigenvalue weighted by Crippen LogP contribution is -2.02. The van der Waals surface area contributed by atoms with Gasteiger partial charge in [0.05, 0.1) is 5.56 Å². The van der Waals surface area contributed by atoms with Crippen LogP contribution >= 0.6 is 0 Å². The Morgan fingerprint density at radius 1 is 1.37 bits per heavy atom. The maximum Gasteiger partial charge on any atom is 0.153 e. The minimum absolute atomic E-state index is 0.618. The second-order valence-corrected chi connectivity index (χ2v) is 5.25. The quantitative estimate of drug-likeness (QED) is 0.773. The summed E-state index contributed by atoms with van der Waals surface area (Å²) in [5, 5.41) is 4.51. The van der Waals surface area contributed by atoms with Gasteiger partial charge in [-0.05, 0) is 30.9 Å². The van der Waals surface area contributed by atoms with E-state index in [-0.39, 0.29) is 0 Å². The van der Waals surface area contributed by atoms with E-state index in [2.05, 4.69) is 23.9 Å². The molecule has 0 aliphatic rings. The molecular weight excluding hydrogens is 238 g/mol. The van der Waals surface area contributed by atoms with E-state index in [4.69, 9.17) is 0 Å². The summed E-state index contributed by atoms with van der Waals surface area (Å²) in [5.74, 6) is 0.618. The van der Waals surface area contributed by atoms with Gasteiger partial charge >= 0.3 is 0 Å². The van der Waals surface area contributed by atoms with Gasteiger partial charge in [-0.3, -0.25) is 14.5 Å². The Hall–Kier alpha value is -1.97. The summed E-state index contributed by atoms with van der Waals surface area (Å²) in [6, 6.07) is 2.00. The number of carbonyl (C=O) groups excluding carboxylic acids is 1. The van der Waals surface area contributed by atoms with Crippen LogP contribution in [0.25, 0.3) is 11.3 Å². The number of nitrogens with zero attached hydrogens (tertiary/aromatic N) is 3. The smallest absolute Gasteiger partial charge is 0.153 e. The van der Waals surface area contributed by atoms with E-state index in [0.717, 1.165) is 36.1 Å². The van der Waals surface area contributed by atoms with E-state index in [0.29, 0.717) is 11.5 Å². The maximum absolute atomic E-state index is 11.2. The van der Waals surface area contributed by atoms with Gasteiger partial charge in [-0.15, -0.1) is 0 Å². The Morgan fingerprint density at radius 2 is 2.16 bits per heavy atom.